The lowest BCUT2D eigenvalue weighted by Crippen LogP contribution is -2.43. The maximum atomic E-state index is 15.3. The highest BCUT2D eigenvalue weighted by molar-refractivity contribution is 7.89. The fourth-order valence-corrected chi connectivity index (χ4v) is 8.20. The third-order valence-electron chi connectivity index (χ3n) is 9.00. The molecule has 5 rings (SSSR count). The molecule has 4 aromatic rings. The Kier molecular flexibility index (Phi) is 12.8. The Balaban J connectivity index is 1.68. The summed E-state index contributed by atoms with van der Waals surface area (Å²) in [5.41, 5.74) is 2.64. The van der Waals surface area contributed by atoms with E-state index in [0.29, 0.717) is 28.9 Å². The summed E-state index contributed by atoms with van der Waals surface area (Å²) in [7, 11) is -5.44. The fraction of sp³-hybridized carbons (Fsp3) is 0.316. The van der Waals surface area contributed by atoms with Crippen molar-refractivity contribution in [2.45, 2.75) is 57.5 Å². The van der Waals surface area contributed by atoms with Crippen molar-refractivity contribution in [3.05, 3.63) is 116 Å². The summed E-state index contributed by atoms with van der Waals surface area (Å²) in [6.07, 6.45) is 1.96. The minimum atomic E-state index is -5.44. The zero-order chi connectivity index (χ0) is 39.5. The summed E-state index contributed by atoms with van der Waals surface area (Å²) >= 11 is 12.2. The van der Waals surface area contributed by atoms with Gasteiger partial charge in [-0.25, -0.2) is 30.8 Å². The normalized spacial score (nSPS) is 12.9. The topological polar surface area (TPSA) is 107 Å². The van der Waals surface area contributed by atoms with Gasteiger partial charge in [-0.3, -0.25) is 4.79 Å². The Labute approximate surface area is 320 Å². The van der Waals surface area contributed by atoms with Gasteiger partial charge in [-0.05, 0) is 92.6 Å². The predicted octanol–water partition coefficient (Wildman–Crippen LogP) is 8.79. The number of amides is 1. The standard InChI is InChI=1S/C38H37Cl2F4N3O6S/c1-4-45(5-2)27-16-22(15-26(17-27)23-11-12-23)19-47(29-14-13-24(38(49)50)18-30(29)53-6-3)31(48)21-46(20-25-9-7-8-10-28(25)39)54(51,52)37-32(40)33(41)34(42)35(43)36(37)44/h7-10,13-18,23H,4-6,11-12,19-21H2,1-3H3,(H,49,50). The van der Waals surface area contributed by atoms with E-state index in [1.165, 1.54) is 41.3 Å². The van der Waals surface area contributed by atoms with Gasteiger partial charge in [0.25, 0.3) is 0 Å². The second kappa shape index (κ2) is 17.0. The van der Waals surface area contributed by atoms with Crippen LogP contribution in [0.15, 0.2) is 65.6 Å². The third-order valence-corrected chi connectivity index (χ3v) is 11.7. The molecule has 0 heterocycles. The van der Waals surface area contributed by atoms with Crippen LogP contribution in [0, 0.1) is 23.3 Å². The van der Waals surface area contributed by atoms with Gasteiger partial charge in [0.05, 0.1) is 30.9 Å². The minimum Gasteiger partial charge on any atom is -0.492 e. The SMILES string of the molecule is CCOc1cc(C(=O)O)ccc1N(Cc1cc(C2CC2)cc(N(CC)CC)c1)C(=O)CN(Cc1ccccc1Cl)S(=O)(=O)c1c(F)c(F)c(F)c(F)c1Cl. The van der Waals surface area contributed by atoms with E-state index < -0.39 is 68.2 Å². The molecule has 0 bridgehead atoms. The number of sulfonamides is 1. The number of aromatic carboxylic acids is 1. The molecule has 0 aliphatic heterocycles. The number of nitrogens with zero attached hydrogens (tertiary/aromatic N) is 3. The number of carboxylic acid groups (broad SMARTS) is 1. The Morgan fingerprint density at radius 3 is 2.15 bits per heavy atom. The monoisotopic (exact) mass is 809 g/mol. The number of anilines is 2. The number of hydrogen-bond acceptors (Lipinski definition) is 6. The van der Waals surface area contributed by atoms with Crippen LogP contribution >= 0.6 is 23.2 Å². The molecular weight excluding hydrogens is 773 g/mol. The zero-order valence-electron chi connectivity index (χ0n) is 29.5. The number of carbonyl (C=O) groups is 2. The maximum absolute atomic E-state index is 15.3. The number of halogens is 6. The van der Waals surface area contributed by atoms with E-state index in [1.807, 2.05) is 26.0 Å². The molecule has 0 saturated heterocycles. The van der Waals surface area contributed by atoms with Gasteiger partial charge in [0.15, 0.2) is 23.3 Å². The van der Waals surface area contributed by atoms with Crippen LogP contribution in [0.3, 0.4) is 0 Å². The van der Waals surface area contributed by atoms with Gasteiger partial charge < -0.3 is 19.6 Å². The Morgan fingerprint density at radius 2 is 1.54 bits per heavy atom. The van der Waals surface area contributed by atoms with Crippen LogP contribution < -0.4 is 14.5 Å². The largest absolute Gasteiger partial charge is 0.492 e. The first-order valence-electron chi connectivity index (χ1n) is 17.1. The van der Waals surface area contributed by atoms with Crippen molar-refractivity contribution < 1.29 is 45.4 Å². The van der Waals surface area contributed by atoms with Gasteiger partial charge in [0.2, 0.25) is 15.9 Å². The van der Waals surface area contributed by atoms with Crippen LogP contribution in [0.25, 0.3) is 0 Å². The molecule has 1 amide bonds. The van der Waals surface area contributed by atoms with Crippen LogP contribution in [0.1, 0.15) is 66.6 Å². The Hall–Kier alpha value is -4.37. The average Bonchev–Trinajstić information content (AvgIpc) is 3.99. The molecule has 0 atom stereocenters. The second-order valence-corrected chi connectivity index (χ2v) is 15.2. The molecule has 0 unspecified atom stereocenters. The summed E-state index contributed by atoms with van der Waals surface area (Å²) < 4.78 is 93.2. The number of ether oxygens (including phenoxy) is 1. The summed E-state index contributed by atoms with van der Waals surface area (Å²) in [4.78, 5) is 28.2. The molecule has 1 saturated carbocycles. The van der Waals surface area contributed by atoms with E-state index in [1.54, 1.807) is 13.0 Å². The molecule has 4 aromatic carbocycles. The molecule has 1 aliphatic carbocycles. The Morgan fingerprint density at radius 1 is 0.870 bits per heavy atom. The van der Waals surface area contributed by atoms with Gasteiger partial charge in [-0.15, -0.1) is 0 Å². The van der Waals surface area contributed by atoms with Crippen molar-refractivity contribution in [3.8, 4) is 5.75 Å². The maximum Gasteiger partial charge on any atom is 0.335 e. The third kappa shape index (κ3) is 8.62. The molecule has 0 aromatic heterocycles. The van der Waals surface area contributed by atoms with Gasteiger partial charge in [-0.1, -0.05) is 47.5 Å². The van der Waals surface area contributed by atoms with Crippen LogP contribution in [0.4, 0.5) is 28.9 Å². The van der Waals surface area contributed by atoms with Crippen molar-refractivity contribution >= 4 is 56.5 Å². The summed E-state index contributed by atoms with van der Waals surface area (Å²) in [5, 5.41) is 8.20. The fourth-order valence-electron chi connectivity index (χ4n) is 6.07. The van der Waals surface area contributed by atoms with E-state index in [-0.39, 0.29) is 40.7 Å². The summed E-state index contributed by atoms with van der Waals surface area (Å²) in [6.45, 7) is 5.14. The van der Waals surface area contributed by atoms with Gasteiger partial charge in [-0.2, -0.15) is 4.31 Å². The number of carboxylic acids is 1. The molecule has 16 heteroatoms. The molecule has 0 spiro atoms. The molecule has 0 radical (unpaired) electrons. The van der Waals surface area contributed by atoms with Gasteiger partial charge in [0.1, 0.15) is 15.7 Å². The highest BCUT2D eigenvalue weighted by atomic mass is 35.5. The minimum absolute atomic E-state index is 0.00894. The van der Waals surface area contributed by atoms with Crippen LogP contribution in [0.5, 0.6) is 5.75 Å². The van der Waals surface area contributed by atoms with Crippen LogP contribution in [-0.2, 0) is 27.9 Å². The van der Waals surface area contributed by atoms with E-state index >= 15 is 4.39 Å². The number of benzene rings is 4. The molecule has 9 nitrogen and oxygen atoms in total. The predicted molar refractivity (Wildman–Crippen MR) is 198 cm³/mol. The van der Waals surface area contributed by atoms with Gasteiger partial charge in [0, 0.05) is 30.3 Å². The van der Waals surface area contributed by atoms with Crippen molar-refractivity contribution in [2.75, 3.05) is 36.0 Å². The molecule has 1 aliphatic rings. The first-order valence-corrected chi connectivity index (χ1v) is 19.3. The summed E-state index contributed by atoms with van der Waals surface area (Å²) in [6, 6.07) is 15.7. The smallest absolute Gasteiger partial charge is 0.335 e. The first kappa shape index (κ1) is 40.8. The lowest BCUT2D eigenvalue weighted by Gasteiger charge is -2.30. The van der Waals surface area contributed by atoms with Crippen molar-refractivity contribution in [1.29, 1.82) is 0 Å². The van der Waals surface area contributed by atoms with Crippen LogP contribution in [-0.4, -0.2) is 55.9 Å². The number of carbonyl (C=O) groups excluding carboxylic acids is 1. The number of hydrogen-bond donors (Lipinski definition) is 1. The first-order chi connectivity index (χ1) is 25.6. The van der Waals surface area contributed by atoms with E-state index in [4.69, 9.17) is 27.9 Å². The molecular formula is C38H37Cl2F4N3O6S. The quantitative estimate of drug-likeness (QED) is 0.0685. The van der Waals surface area contributed by atoms with Crippen molar-refractivity contribution in [1.82, 2.24) is 4.31 Å². The van der Waals surface area contributed by atoms with E-state index in [9.17, 15) is 36.3 Å². The molecule has 54 heavy (non-hydrogen) atoms. The average molecular weight is 811 g/mol. The number of rotatable bonds is 16. The van der Waals surface area contributed by atoms with E-state index in [0.717, 1.165) is 24.1 Å². The molecule has 1 N–H and O–H groups in total. The van der Waals surface area contributed by atoms with Crippen molar-refractivity contribution in [3.63, 3.8) is 0 Å². The zero-order valence-corrected chi connectivity index (χ0v) is 31.8. The molecule has 288 valence electrons. The molecule has 1 fully saturated rings. The van der Waals surface area contributed by atoms with Crippen molar-refractivity contribution in [2.24, 2.45) is 0 Å². The highest BCUT2D eigenvalue weighted by Gasteiger charge is 2.38. The van der Waals surface area contributed by atoms with Gasteiger partial charge >= 0.3 is 5.97 Å². The Bertz CT molecular complexity index is 2160. The van der Waals surface area contributed by atoms with E-state index in [2.05, 4.69) is 11.0 Å². The highest BCUT2D eigenvalue weighted by Crippen LogP contribution is 2.42. The van der Waals surface area contributed by atoms with Crippen LogP contribution in [0.2, 0.25) is 10.0 Å². The second-order valence-electron chi connectivity index (χ2n) is 12.5. The lowest BCUT2D eigenvalue weighted by molar-refractivity contribution is -0.119. The lowest BCUT2D eigenvalue weighted by atomic mass is 10.0. The summed E-state index contributed by atoms with van der Waals surface area (Å²) in [5.74, 6) is -11.1.